The minimum absolute atomic E-state index is 0.0934. The number of anilines is 1. The molecule has 0 spiro atoms. The standard InChI is InChI=1S/C12H19N3O2/c1-12(2,3)17-10(16)7-15-11(13)8-5-4-6-9(8)14-15/h4-7,13H2,1-3H3. The molecule has 17 heavy (non-hydrogen) atoms. The highest BCUT2D eigenvalue weighted by Gasteiger charge is 2.23. The zero-order chi connectivity index (χ0) is 12.6. The summed E-state index contributed by atoms with van der Waals surface area (Å²) in [7, 11) is 0. The molecule has 1 aliphatic rings. The Kier molecular flexibility index (Phi) is 2.85. The molecule has 0 aliphatic heterocycles. The quantitative estimate of drug-likeness (QED) is 0.787. The SMILES string of the molecule is CC(C)(C)OC(=O)Cn1nc2c(c1N)CCC2. The summed E-state index contributed by atoms with van der Waals surface area (Å²) < 4.78 is 6.80. The number of rotatable bonds is 2. The van der Waals surface area contributed by atoms with Crippen molar-refractivity contribution in [3.63, 3.8) is 0 Å². The number of nitrogen functional groups attached to an aromatic ring is 1. The molecular formula is C12H19N3O2. The first kappa shape index (κ1) is 12.0. The van der Waals surface area contributed by atoms with Gasteiger partial charge in [-0.2, -0.15) is 5.10 Å². The average molecular weight is 237 g/mol. The van der Waals surface area contributed by atoms with Gasteiger partial charge in [-0.1, -0.05) is 0 Å². The fraction of sp³-hybridized carbons (Fsp3) is 0.667. The predicted octanol–water partition coefficient (Wildman–Crippen LogP) is 1.30. The van der Waals surface area contributed by atoms with Crippen LogP contribution in [0, 0.1) is 0 Å². The number of hydrogen-bond donors (Lipinski definition) is 1. The van der Waals surface area contributed by atoms with Crippen molar-refractivity contribution in [2.24, 2.45) is 0 Å². The van der Waals surface area contributed by atoms with E-state index in [4.69, 9.17) is 10.5 Å². The Labute approximate surface area is 101 Å². The zero-order valence-electron chi connectivity index (χ0n) is 10.6. The Morgan fingerprint density at radius 2 is 2.18 bits per heavy atom. The normalized spacial score (nSPS) is 14.8. The lowest BCUT2D eigenvalue weighted by Crippen LogP contribution is -2.27. The number of nitrogens with two attached hydrogens (primary N) is 1. The summed E-state index contributed by atoms with van der Waals surface area (Å²) in [6.45, 7) is 5.63. The zero-order valence-corrected chi connectivity index (χ0v) is 10.6. The van der Waals surface area contributed by atoms with Gasteiger partial charge in [0.2, 0.25) is 0 Å². The van der Waals surface area contributed by atoms with Crippen molar-refractivity contribution in [3.05, 3.63) is 11.3 Å². The van der Waals surface area contributed by atoms with E-state index in [1.807, 2.05) is 20.8 Å². The lowest BCUT2D eigenvalue weighted by molar-refractivity contribution is -0.155. The van der Waals surface area contributed by atoms with Crippen molar-refractivity contribution in [1.29, 1.82) is 0 Å². The van der Waals surface area contributed by atoms with Crippen molar-refractivity contribution < 1.29 is 9.53 Å². The van der Waals surface area contributed by atoms with Crippen molar-refractivity contribution >= 4 is 11.8 Å². The summed E-state index contributed by atoms with van der Waals surface area (Å²) in [6.07, 6.45) is 3.03. The average Bonchev–Trinajstić information content (AvgIpc) is 2.69. The second kappa shape index (κ2) is 4.05. The van der Waals surface area contributed by atoms with Crippen LogP contribution >= 0.6 is 0 Å². The van der Waals surface area contributed by atoms with Gasteiger partial charge in [0.15, 0.2) is 0 Å². The monoisotopic (exact) mass is 237 g/mol. The number of fused-ring (bicyclic) bond motifs is 1. The van der Waals surface area contributed by atoms with Crippen LogP contribution in [-0.4, -0.2) is 21.4 Å². The van der Waals surface area contributed by atoms with E-state index in [9.17, 15) is 4.79 Å². The van der Waals surface area contributed by atoms with Crippen LogP contribution in [0.4, 0.5) is 5.82 Å². The van der Waals surface area contributed by atoms with Gasteiger partial charge in [0.05, 0.1) is 5.69 Å². The lowest BCUT2D eigenvalue weighted by Gasteiger charge is -2.19. The maximum atomic E-state index is 11.7. The molecule has 1 aliphatic carbocycles. The molecule has 0 aromatic carbocycles. The maximum Gasteiger partial charge on any atom is 0.328 e. The second-order valence-corrected chi connectivity index (χ2v) is 5.41. The van der Waals surface area contributed by atoms with Gasteiger partial charge in [0.1, 0.15) is 18.0 Å². The molecule has 0 fully saturated rings. The third-order valence-corrected chi connectivity index (χ3v) is 2.72. The Balaban J connectivity index is 2.07. The van der Waals surface area contributed by atoms with Gasteiger partial charge in [-0.25, -0.2) is 4.68 Å². The first-order valence-electron chi connectivity index (χ1n) is 5.93. The first-order valence-corrected chi connectivity index (χ1v) is 5.93. The minimum Gasteiger partial charge on any atom is -0.459 e. The van der Waals surface area contributed by atoms with Gasteiger partial charge in [0.25, 0.3) is 0 Å². The summed E-state index contributed by atoms with van der Waals surface area (Å²) in [5.74, 6) is 0.314. The van der Waals surface area contributed by atoms with Gasteiger partial charge in [-0.05, 0) is 40.0 Å². The van der Waals surface area contributed by atoms with E-state index in [0.29, 0.717) is 5.82 Å². The molecule has 2 N–H and O–H groups in total. The van der Waals surface area contributed by atoms with E-state index in [1.165, 1.54) is 0 Å². The molecule has 1 aromatic heterocycles. The molecule has 94 valence electrons. The van der Waals surface area contributed by atoms with E-state index in [1.54, 1.807) is 4.68 Å². The van der Waals surface area contributed by atoms with E-state index in [2.05, 4.69) is 5.10 Å². The van der Waals surface area contributed by atoms with Crippen molar-refractivity contribution in [3.8, 4) is 0 Å². The van der Waals surface area contributed by atoms with Gasteiger partial charge in [-0.3, -0.25) is 4.79 Å². The fourth-order valence-electron chi connectivity index (χ4n) is 2.09. The minimum atomic E-state index is -0.471. The number of carbonyl (C=O) groups is 1. The predicted molar refractivity (Wildman–Crippen MR) is 64.5 cm³/mol. The first-order chi connectivity index (χ1) is 7.87. The highest BCUT2D eigenvalue weighted by molar-refractivity contribution is 5.70. The molecule has 0 bridgehead atoms. The molecule has 1 aromatic rings. The number of nitrogens with zero attached hydrogens (tertiary/aromatic N) is 2. The Morgan fingerprint density at radius 3 is 2.76 bits per heavy atom. The summed E-state index contributed by atoms with van der Waals surface area (Å²) in [4.78, 5) is 11.7. The highest BCUT2D eigenvalue weighted by atomic mass is 16.6. The van der Waals surface area contributed by atoms with Gasteiger partial charge >= 0.3 is 5.97 Å². The molecule has 0 saturated carbocycles. The molecule has 0 amide bonds. The van der Waals surface area contributed by atoms with Crippen LogP contribution in [0.2, 0.25) is 0 Å². The molecule has 5 nitrogen and oxygen atoms in total. The van der Waals surface area contributed by atoms with Crippen LogP contribution in [0.3, 0.4) is 0 Å². The van der Waals surface area contributed by atoms with E-state index < -0.39 is 5.60 Å². The van der Waals surface area contributed by atoms with Gasteiger partial charge < -0.3 is 10.5 Å². The summed E-state index contributed by atoms with van der Waals surface area (Å²) >= 11 is 0. The Bertz CT molecular complexity index is 443. The third-order valence-electron chi connectivity index (χ3n) is 2.72. The molecule has 0 saturated heterocycles. The van der Waals surface area contributed by atoms with Crippen LogP contribution in [0.25, 0.3) is 0 Å². The number of hydrogen-bond acceptors (Lipinski definition) is 4. The molecule has 5 heteroatoms. The molecule has 0 radical (unpaired) electrons. The number of aromatic nitrogens is 2. The van der Waals surface area contributed by atoms with Crippen LogP contribution in [0.15, 0.2) is 0 Å². The molecular weight excluding hydrogens is 218 g/mol. The number of ether oxygens (including phenoxy) is 1. The smallest absolute Gasteiger partial charge is 0.328 e. The third kappa shape index (κ3) is 2.60. The van der Waals surface area contributed by atoms with Crippen molar-refractivity contribution in [2.75, 3.05) is 5.73 Å². The maximum absolute atomic E-state index is 11.7. The molecule has 1 heterocycles. The van der Waals surface area contributed by atoms with Crippen LogP contribution in [-0.2, 0) is 28.9 Å². The van der Waals surface area contributed by atoms with E-state index >= 15 is 0 Å². The summed E-state index contributed by atoms with van der Waals surface area (Å²) in [6, 6.07) is 0. The Hall–Kier alpha value is -1.52. The van der Waals surface area contributed by atoms with Crippen molar-refractivity contribution in [2.45, 2.75) is 52.2 Å². The van der Waals surface area contributed by atoms with E-state index in [0.717, 1.165) is 30.5 Å². The van der Waals surface area contributed by atoms with Gasteiger partial charge in [-0.15, -0.1) is 0 Å². The van der Waals surface area contributed by atoms with Gasteiger partial charge in [0, 0.05) is 5.56 Å². The number of esters is 1. The summed E-state index contributed by atoms with van der Waals surface area (Å²) in [5, 5.41) is 4.35. The fourth-order valence-corrected chi connectivity index (χ4v) is 2.09. The molecule has 2 rings (SSSR count). The number of carbonyl (C=O) groups excluding carboxylic acids is 1. The topological polar surface area (TPSA) is 70.1 Å². The second-order valence-electron chi connectivity index (χ2n) is 5.41. The Morgan fingerprint density at radius 1 is 1.47 bits per heavy atom. The molecule has 0 unspecified atom stereocenters. The van der Waals surface area contributed by atoms with Crippen LogP contribution in [0.1, 0.15) is 38.4 Å². The highest BCUT2D eigenvalue weighted by Crippen LogP contribution is 2.26. The molecule has 0 atom stereocenters. The van der Waals surface area contributed by atoms with Crippen LogP contribution < -0.4 is 5.73 Å². The summed E-state index contributed by atoms with van der Waals surface area (Å²) in [5.41, 5.74) is 7.63. The number of aryl methyl sites for hydroxylation is 1. The largest absolute Gasteiger partial charge is 0.459 e. The van der Waals surface area contributed by atoms with E-state index in [-0.39, 0.29) is 12.5 Å². The van der Waals surface area contributed by atoms with Crippen LogP contribution in [0.5, 0.6) is 0 Å². The lowest BCUT2D eigenvalue weighted by atomic mass is 10.2. The van der Waals surface area contributed by atoms with Crippen molar-refractivity contribution in [1.82, 2.24) is 9.78 Å².